The fraction of sp³-hybridized carbons (Fsp3) is 0.889. The van der Waals surface area contributed by atoms with Crippen molar-refractivity contribution in [3.8, 4) is 0 Å². The summed E-state index contributed by atoms with van der Waals surface area (Å²) in [5.41, 5.74) is 0. The second kappa shape index (κ2) is 28.1. The lowest BCUT2D eigenvalue weighted by atomic mass is 9.85. The molecule has 1 rings (SSSR count). The van der Waals surface area contributed by atoms with Gasteiger partial charge in [-0.2, -0.15) is 0 Å². The van der Waals surface area contributed by atoms with E-state index >= 15 is 0 Å². The molecule has 0 aromatic heterocycles. The van der Waals surface area contributed by atoms with Crippen molar-refractivity contribution in [2.45, 2.75) is 191 Å². The number of carbonyl (C=O) groups is 2. The molecule has 8 atom stereocenters. The Labute approximate surface area is 299 Å². The lowest BCUT2D eigenvalue weighted by Crippen LogP contribution is -2.64. The number of hydrogen-bond donors (Lipinski definition) is 6. The van der Waals surface area contributed by atoms with Gasteiger partial charge < -0.3 is 39.9 Å². The molecule has 14 heteroatoms. The Hall–Kier alpha value is -1.41. The normalized spacial score (nSPS) is 24.2. The molecular formula is C36H67O13P. The van der Waals surface area contributed by atoms with Crippen molar-refractivity contribution in [1.82, 2.24) is 0 Å². The summed E-state index contributed by atoms with van der Waals surface area (Å²) in [5.74, 6) is -1.11. The molecule has 1 saturated carbocycles. The monoisotopic (exact) mass is 738 g/mol. The molecule has 0 spiro atoms. The van der Waals surface area contributed by atoms with Crippen molar-refractivity contribution in [2.24, 2.45) is 0 Å². The van der Waals surface area contributed by atoms with E-state index < -0.39 is 75.7 Å². The number of phosphoric ester groups is 1. The highest BCUT2D eigenvalue weighted by Gasteiger charge is 2.51. The largest absolute Gasteiger partial charge is 0.472 e. The third-order valence-corrected chi connectivity index (χ3v) is 9.84. The maximum Gasteiger partial charge on any atom is 0.472 e. The van der Waals surface area contributed by atoms with E-state index in [1.54, 1.807) is 0 Å². The predicted molar refractivity (Wildman–Crippen MR) is 189 cm³/mol. The van der Waals surface area contributed by atoms with Crippen LogP contribution in [0.5, 0.6) is 0 Å². The summed E-state index contributed by atoms with van der Waals surface area (Å²) >= 11 is 0. The van der Waals surface area contributed by atoms with Crippen LogP contribution in [-0.2, 0) is 32.7 Å². The summed E-state index contributed by atoms with van der Waals surface area (Å²) in [7, 11) is -5.10. The zero-order valence-corrected chi connectivity index (χ0v) is 31.3. The van der Waals surface area contributed by atoms with Crippen LogP contribution in [0.1, 0.15) is 149 Å². The average Bonchev–Trinajstić information content (AvgIpc) is 3.09. The molecule has 0 aliphatic heterocycles. The van der Waals surface area contributed by atoms with Crippen LogP contribution in [0.4, 0.5) is 0 Å². The van der Waals surface area contributed by atoms with Gasteiger partial charge in [0.2, 0.25) is 0 Å². The van der Waals surface area contributed by atoms with Crippen molar-refractivity contribution in [2.75, 3.05) is 13.2 Å². The number of unbranched alkanes of at least 4 members (excludes halogenated alkanes) is 16. The fourth-order valence-electron chi connectivity index (χ4n) is 5.68. The van der Waals surface area contributed by atoms with Gasteiger partial charge in [-0.15, -0.1) is 0 Å². The van der Waals surface area contributed by atoms with Gasteiger partial charge >= 0.3 is 19.8 Å². The molecule has 1 fully saturated rings. The maximum absolute atomic E-state index is 12.7. The van der Waals surface area contributed by atoms with Crippen molar-refractivity contribution in [3.63, 3.8) is 0 Å². The van der Waals surface area contributed by atoms with E-state index in [4.69, 9.17) is 18.5 Å². The second-order valence-corrected chi connectivity index (χ2v) is 14.8. The Bertz CT molecular complexity index is 948. The van der Waals surface area contributed by atoms with Gasteiger partial charge in [-0.1, -0.05) is 116 Å². The van der Waals surface area contributed by atoms with E-state index in [9.17, 15) is 44.6 Å². The standard InChI is InChI=1S/C36H67O13P/c1-3-5-7-9-11-13-15-17-18-20-22-24-29(37)46-26-28(48-30(38)25-23-21-19-16-14-12-10-8-6-4-2)27-47-50(44,45)49-36-34(42)32(40)31(39)33(41)35(36)43/h9,11,28,31-36,39-43H,3-8,10,12-27H2,1-2H3,(H,44,45)/b11-9-/t28-,31?,32-,33?,34?,35?,36?/m1/s1. The van der Waals surface area contributed by atoms with Crippen LogP contribution in [0, 0.1) is 0 Å². The van der Waals surface area contributed by atoms with Crippen LogP contribution in [0.2, 0.25) is 0 Å². The molecule has 0 aromatic carbocycles. The van der Waals surface area contributed by atoms with E-state index in [1.807, 2.05) is 0 Å². The Morgan fingerprint density at radius 3 is 1.58 bits per heavy atom. The lowest BCUT2D eigenvalue weighted by molar-refractivity contribution is -0.220. The highest BCUT2D eigenvalue weighted by atomic mass is 31.2. The van der Waals surface area contributed by atoms with Gasteiger partial charge in [-0.05, 0) is 32.1 Å². The lowest BCUT2D eigenvalue weighted by Gasteiger charge is -2.41. The molecule has 1 aliphatic carbocycles. The number of allylic oxidation sites excluding steroid dienone is 2. The number of esters is 2. The first-order chi connectivity index (χ1) is 23.9. The van der Waals surface area contributed by atoms with E-state index in [1.165, 1.54) is 44.9 Å². The van der Waals surface area contributed by atoms with Gasteiger partial charge in [0.1, 0.15) is 43.2 Å². The molecule has 13 nitrogen and oxygen atoms in total. The highest BCUT2D eigenvalue weighted by molar-refractivity contribution is 7.47. The van der Waals surface area contributed by atoms with Crippen LogP contribution in [-0.4, -0.2) is 98.3 Å². The third-order valence-electron chi connectivity index (χ3n) is 8.86. The summed E-state index contributed by atoms with van der Waals surface area (Å²) in [5, 5.41) is 49.8. The average molecular weight is 739 g/mol. The molecule has 294 valence electrons. The van der Waals surface area contributed by atoms with Crippen LogP contribution in [0.25, 0.3) is 0 Å². The smallest absolute Gasteiger partial charge is 0.462 e. The Kier molecular flexibility index (Phi) is 26.2. The number of aliphatic hydroxyl groups excluding tert-OH is 5. The number of rotatable bonds is 30. The van der Waals surface area contributed by atoms with E-state index in [0.717, 1.165) is 64.2 Å². The molecule has 0 aromatic rings. The van der Waals surface area contributed by atoms with Gasteiger partial charge in [0, 0.05) is 12.8 Å². The van der Waals surface area contributed by atoms with Crippen LogP contribution in [0.15, 0.2) is 12.2 Å². The van der Waals surface area contributed by atoms with Gasteiger partial charge in [-0.3, -0.25) is 18.6 Å². The zero-order valence-electron chi connectivity index (χ0n) is 30.4. The molecule has 1 aliphatic rings. The molecule has 0 radical (unpaired) electrons. The Balaban J connectivity index is 2.56. The van der Waals surface area contributed by atoms with Gasteiger partial charge in [-0.25, -0.2) is 4.57 Å². The molecule has 0 saturated heterocycles. The fourth-order valence-corrected chi connectivity index (χ4v) is 6.65. The summed E-state index contributed by atoms with van der Waals surface area (Å²) in [6.45, 7) is 3.19. The summed E-state index contributed by atoms with van der Waals surface area (Å²) < 4.78 is 33.2. The highest BCUT2D eigenvalue weighted by Crippen LogP contribution is 2.47. The minimum atomic E-state index is -5.10. The summed E-state index contributed by atoms with van der Waals surface area (Å²) in [4.78, 5) is 35.3. The van der Waals surface area contributed by atoms with E-state index in [0.29, 0.717) is 12.8 Å². The van der Waals surface area contributed by atoms with Gasteiger partial charge in [0.05, 0.1) is 6.61 Å². The molecular weight excluding hydrogens is 671 g/mol. The quantitative estimate of drug-likeness (QED) is 0.0231. The van der Waals surface area contributed by atoms with E-state index in [2.05, 4.69) is 26.0 Å². The maximum atomic E-state index is 12.7. The Morgan fingerprint density at radius 1 is 0.600 bits per heavy atom. The summed E-state index contributed by atoms with van der Waals surface area (Å²) in [6, 6.07) is 0. The van der Waals surface area contributed by atoms with E-state index in [-0.39, 0.29) is 12.8 Å². The predicted octanol–water partition coefficient (Wildman–Crippen LogP) is 5.55. The summed E-state index contributed by atoms with van der Waals surface area (Å²) in [6.07, 6.45) is 11.6. The third kappa shape index (κ3) is 21.2. The number of aliphatic hydroxyl groups is 5. The molecule has 6 N–H and O–H groups in total. The van der Waals surface area contributed by atoms with Crippen molar-refractivity contribution in [1.29, 1.82) is 0 Å². The molecule has 6 unspecified atom stereocenters. The molecule has 0 amide bonds. The van der Waals surface area contributed by atoms with Crippen molar-refractivity contribution < 1.29 is 63.1 Å². The molecule has 0 bridgehead atoms. The minimum absolute atomic E-state index is 0.0985. The van der Waals surface area contributed by atoms with Crippen LogP contribution < -0.4 is 0 Å². The van der Waals surface area contributed by atoms with Crippen molar-refractivity contribution >= 4 is 19.8 Å². The number of carbonyl (C=O) groups excluding carboxylic acids is 2. The Morgan fingerprint density at radius 2 is 1.04 bits per heavy atom. The van der Waals surface area contributed by atoms with Crippen molar-refractivity contribution in [3.05, 3.63) is 12.2 Å². The number of ether oxygens (including phenoxy) is 2. The van der Waals surface area contributed by atoms with Crippen LogP contribution >= 0.6 is 7.82 Å². The first-order valence-electron chi connectivity index (χ1n) is 19.0. The van der Waals surface area contributed by atoms with Gasteiger partial charge in [0.25, 0.3) is 0 Å². The SMILES string of the molecule is CCCC/C=C\CCCCCCCC(=O)OC[C@H](COP(=O)(O)OC1C(O)C(O)C(O)[C@@H](O)C1O)OC(=O)CCCCCCCCCCCC. The number of phosphoric acid groups is 1. The van der Waals surface area contributed by atoms with Gasteiger partial charge in [0.15, 0.2) is 6.10 Å². The molecule has 50 heavy (non-hydrogen) atoms. The minimum Gasteiger partial charge on any atom is -0.462 e. The number of hydrogen-bond acceptors (Lipinski definition) is 12. The topological polar surface area (TPSA) is 210 Å². The zero-order chi connectivity index (χ0) is 37.2. The van der Waals surface area contributed by atoms with Crippen LogP contribution in [0.3, 0.4) is 0 Å². The first-order valence-corrected chi connectivity index (χ1v) is 20.5. The molecule has 0 heterocycles. The first kappa shape index (κ1) is 46.6. The second-order valence-electron chi connectivity index (χ2n) is 13.4.